The van der Waals surface area contributed by atoms with Gasteiger partial charge in [-0.1, -0.05) is 19.7 Å². The molecule has 0 fully saturated rings. The van der Waals surface area contributed by atoms with Crippen LogP contribution in [0.4, 0.5) is 0 Å². The molecule has 0 saturated heterocycles. The number of carbonyl (C=O) groups excluding carboxylic acids is 3. The van der Waals surface area contributed by atoms with E-state index < -0.39 is 17.9 Å². The molecular weight excluding hydrogens is 419 g/mol. The van der Waals surface area contributed by atoms with Crippen molar-refractivity contribution in [3.8, 4) is 0 Å². The number of carboxylic acid groups (broad SMARTS) is 3. The van der Waals surface area contributed by atoms with Gasteiger partial charge in [-0.3, -0.25) is 0 Å². The zero-order valence-electron chi connectivity index (χ0n) is 14.3. The quantitative estimate of drug-likeness (QED) is 0.273. The van der Waals surface area contributed by atoms with E-state index in [1.54, 1.807) is 22.5 Å². The van der Waals surface area contributed by atoms with Crippen LogP contribution < -0.4 is 15.3 Å². The molecule has 0 aromatic rings. The molecule has 6 nitrogen and oxygen atoms in total. The molecule has 0 saturated carbocycles. The molecule has 0 aliphatic rings. The van der Waals surface area contributed by atoms with E-state index in [9.17, 15) is 0 Å². The molecule has 0 heterocycles. The third-order valence-electron chi connectivity index (χ3n) is 2.03. The van der Waals surface area contributed by atoms with Crippen LogP contribution in [0.3, 0.4) is 0 Å². The van der Waals surface area contributed by atoms with Gasteiger partial charge in [0.1, 0.15) is 0 Å². The van der Waals surface area contributed by atoms with Crippen molar-refractivity contribution < 1.29 is 29.7 Å². The third kappa shape index (κ3) is 70.9. The number of aliphatic carboxylic acids is 3. The molecule has 0 amide bonds. The fourth-order valence-corrected chi connectivity index (χ4v) is 1.62. The molecule has 0 spiro atoms. The first-order valence-corrected chi connectivity index (χ1v) is 9.39. The zero-order valence-corrected chi connectivity index (χ0v) is 17.1. The predicted molar refractivity (Wildman–Crippen MR) is 89.5 cm³/mol. The second kappa shape index (κ2) is 29.4. The molecule has 0 aliphatic carbocycles. The number of hydrogen-bond acceptors (Lipinski definition) is 6. The average Bonchev–Trinajstić information content (AvgIpc) is 2.56. The Hall–Kier alpha value is -1.57. The summed E-state index contributed by atoms with van der Waals surface area (Å²) in [7, 11) is 0. The van der Waals surface area contributed by atoms with E-state index in [0.717, 1.165) is 18.2 Å². The second-order valence-corrected chi connectivity index (χ2v) is 5.51. The Morgan fingerprint density at radius 3 is 1.21 bits per heavy atom. The van der Waals surface area contributed by atoms with Crippen LogP contribution in [0.1, 0.15) is 45.4 Å². The Labute approximate surface area is 158 Å². The topological polar surface area (TPSA) is 120 Å². The van der Waals surface area contributed by atoms with E-state index in [1.807, 2.05) is 0 Å². The molecule has 0 atom stereocenters. The molecular formula is C17H26O6Sn. The average molecular weight is 445 g/mol. The summed E-state index contributed by atoms with van der Waals surface area (Å²) < 4.78 is 1.46. The van der Waals surface area contributed by atoms with Gasteiger partial charge >= 0.3 is 72.4 Å². The first-order chi connectivity index (χ1) is 11.2. The summed E-state index contributed by atoms with van der Waals surface area (Å²) in [5.74, 6) is -3.69. The van der Waals surface area contributed by atoms with Crippen LogP contribution in [0.15, 0.2) is 38.0 Å². The molecule has 24 heavy (non-hydrogen) atoms. The van der Waals surface area contributed by atoms with Crippen molar-refractivity contribution in [3.05, 3.63) is 38.0 Å². The number of unbranched alkanes of at least 4 members (excludes halogenated alkanes) is 5. The van der Waals surface area contributed by atoms with Gasteiger partial charge in [0, 0.05) is 0 Å². The number of carbonyl (C=O) groups is 3. The molecule has 0 radical (unpaired) electrons. The molecule has 0 rings (SSSR count). The minimum atomic E-state index is -1.23. The Bertz CT molecular complexity index is 304. The molecule has 134 valence electrons. The molecule has 0 bridgehead atoms. The Morgan fingerprint density at radius 2 is 1.00 bits per heavy atom. The number of rotatable bonds is 9. The van der Waals surface area contributed by atoms with Crippen molar-refractivity contribution in [1.82, 2.24) is 0 Å². The van der Waals surface area contributed by atoms with Gasteiger partial charge in [0.25, 0.3) is 0 Å². The van der Waals surface area contributed by atoms with Gasteiger partial charge in [-0.2, -0.15) is 0 Å². The van der Waals surface area contributed by atoms with Crippen molar-refractivity contribution in [1.29, 1.82) is 0 Å². The van der Waals surface area contributed by atoms with E-state index in [-0.39, 0.29) is 0 Å². The molecule has 0 unspecified atom stereocenters. The minimum absolute atomic E-state index is 0.722. The van der Waals surface area contributed by atoms with E-state index >= 15 is 0 Å². The van der Waals surface area contributed by atoms with Crippen molar-refractivity contribution in [2.24, 2.45) is 0 Å². The van der Waals surface area contributed by atoms with E-state index in [4.69, 9.17) is 29.7 Å². The molecule has 0 N–H and O–H groups in total. The summed E-state index contributed by atoms with van der Waals surface area (Å²) in [5, 5.41) is 27.4. The van der Waals surface area contributed by atoms with Crippen molar-refractivity contribution >= 4 is 40.4 Å². The van der Waals surface area contributed by atoms with Gasteiger partial charge in [-0.05, 0) is 18.2 Å². The number of hydrogen-bond donors (Lipinski definition) is 0. The van der Waals surface area contributed by atoms with Crippen LogP contribution in [0.2, 0.25) is 4.44 Å². The van der Waals surface area contributed by atoms with Crippen LogP contribution in [0, 0.1) is 0 Å². The van der Waals surface area contributed by atoms with Gasteiger partial charge < -0.3 is 29.7 Å². The summed E-state index contributed by atoms with van der Waals surface area (Å²) in [6, 6.07) is 0. The van der Waals surface area contributed by atoms with E-state index in [1.165, 1.54) is 43.0 Å². The summed E-state index contributed by atoms with van der Waals surface area (Å²) in [6.45, 7) is 11.0. The Morgan fingerprint density at radius 1 is 0.750 bits per heavy atom. The maximum absolute atomic E-state index is 9.14. The van der Waals surface area contributed by atoms with E-state index in [2.05, 4.69) is 26.7 Å². The monoisotopic (exact) mass is 446 g/mol. The van der Waals surface area contributed by atoms with Crippen LogP contribution in [0.25, 0.3) is 0 Å². The molecule has 0 aliphatic heterocycles. The first kappa shape index (κ1) is 30.3. The maximum atomic E-state index is 9.14. The summed E-state index contributed by atoms with van der Waals surface area (Å²) in [6.07, 6.45) is 10.9. The van der Waals surface area contributed by atoms with Gasteiger partial charge in [0.05, 0.1) is 17.9 Å². The van der Waals surface area contributed by atoms with Crippen molar-refractivity contribution in [2.45, 2.75) is 49.9 Å². The normalized spacial score (nSPS) is 7.79. The third-order valence-corrected chi connectivity index (χ3v) is 3.04. The fourth-order valence-electron chi connectivity index (χ4n) is 0.905. The van der Waals surface area contributed by atoms with Crippen molar-refractivity contribution in [3.63, 3.8) is 0 Å². The Kier molecular flexibility index (Phi) is 37.2. The van der Waals surface area contributed by atoms with Gasteiger partial charge in [0.15, 0.2) is 0 Å². The predicted octanol–water partition coefficient (Wildman–Crippen LogP) is -0.299. The SMILES string of the molecule is C=CC(=O)[O-].C=CC(=O)[O-].C=CC(=O)[O-].CCCCCCC[CH2][Sn+3]. The molecule has 7 heteroatoms. The summed E-state index contributed by atoms with van der Waals surface area (Å²) >= 11 is 1.71. The summed E-state index contributed by atoms with van der Waals surface area (Å²) in [4.78, 5) is 27.4. The second-order valence-electron chi connectivity index (χ2n) is 4.09. The number of carboxylic acids is 3. The van der Waals surface area contributed by atoms with E-state index in [0.29, 0.717) is 0 Å². The van der Waals surface area contributed by atoms with Gasteiger partial charge in [-0.15, -0.1) is 0 Å². The summed E-state index contributed by atoms with van der Waals surface area (Å²) in [5.41, 5.74) is 0. The van der Waals surface area contributed by atoms with Crippen molar-refractivity contribution in [2.75, 3.05) is 0 Å². The van der Waals surface area contributed by atoms with Crippen LogP contribution in [-0.2, 0) is 14.4 Å². The van der Waals surface area contributed by atoms with Gasteiger partial charge in [-0.25, -0.2) is 0 Å². The first-order valence-electron chi connectivity index (χ1n) is 7.38. The fraction of sp³-hybridized carbons (Fsp3) is 0.471. The van der Waals surface area contributed by atoms with Crippen LogP contribution >= 0.6 is 0 Å². The molecule has 0 aromatic carbocycles. The van der Waals surface area contributed by atoms with Gasteiger partial charge in [0.2, 0.25) is 0 Å². The zero-order chi connectivity index (χ0) is 19.8. The van der Waals surface area contributed by atoms with Crippen LogP contribution in [0.5, 0.6) is 0 Å². The standard InChI is InChI=1S/C8H17.3C3H4O2.Sn/c1-3-5-7-8-6-4-2;3*1-2-3(4)5;/h1,3-8H2,2H3;3*2H,1H2,(H,4,5);/q;;;;+3/p-3. The Balaban J connectivity index is -0.000000116. The molecule has 0 aromatic heterocycles. The van der Waals surface area contributed by atoms with Crippen LogP contribution in [-0.4, -0.2) is 40.4 Å².